The topological polar surface area (TPSA) is 160 Å². The zero-order valence-corrected chi connectivity index (χ0v) is 23.1. The van der Waals surface area contributed by atoms with E-state index in [1.165, 1.54) is 16.2 Å². The van der Waals surface area contributed by atoms with E-state index in [0.717, 1.165) is 22.3 Å². The van der Waals surface area contributed by atoms with Gasteiger partial charge >= 0.3 is 0 Å². The summed E-state index contributed by atoms with van der Waals surface area (Å²) in [5, 5.41) is 8.18. The van der Waals surface area contributed by atoms with Crippen LogP contribution in [0.4, 0.5) is 0 Å². The number of hydrazone groups is 1. The Morgan fingerprint density at radius 2 is 1.72 bits per heavy atom. The number of thiophene rings is 1. The van der Waals surface area contributed by atoms with Crippen LogP contribution < -0.4 is 21.6 Å². The van der Waals surface area contributed by atoms with Crippen LogP contribution in [-0.4, -0.2) is 55.9 Å². The Bertz CT molecular complexity index is 1390. The molecule has 1 fully saturated rings. The van der Waals surface area contributed by atoms with Crippen molar-refractivity contribution in [3.63, 3.8) is 0 Å². The van der Waals surface area contributed by atoms with Crippen molar-refractivity contribution in [1.82, 2.24) is 14.9 Å². The monoisotopic (exact) mass is 568 g/mol. The minimum atomic E-state index is -3.78. The van der Waals surface area contributed by atoms with Gasteiger partial charge in [0, 0.05) is 28.3 Å². The first-order chi connectivity index (χ1) is 18.7. The second-order valence-corrected chi connectivity index (χ2v) is 12.2. The largest absolute Gasteiger partial charge is 0.382 e. The van der Waals surface area contributed by atoms with E-state index in [4.69, 9.17) is 11.6 Å². The number of nitrogens with two attached hydrogens (primary N) is 2. The van der Waals surface area contributed by atoms with E-state index in [0.29, 0.717) is 24.9 Å². The van der Waals surface area contributed by atoms with Crippen LogP contribution in [0.2, 0.25) is 0 Å². The summed E-state index contributed by atoms with van der Waals surface area (Å²) in [5.41, 5.74) is 7.99. The van der Waals surface area contributed by atoms with Gasteiger partial charge in [0.2, 0.25) is 21.8 Å². The van der Waals surface area contributed by atoms with Crippen LogP contribution in [0.3, 0.4) is 0 Å². The molecule has 0 radical (unpaired) electrons. The van der Waals surface area contributed by atoms with Crippen molar-refractivity contribution < 1.29 is 18.0 Å². The SMILES string of the molecule is CS(=O)(=O)N[C@@H](C(=O)N1CCC[C@H]1C(=O)NCc1cc(C(N)=NN)cs1)C(c1ccccc1)c1ccccc1. The number of benzene rings is 2. The van der Waals surface area contributed by atoms with E-state index < -0.39 is 33.9 Å². The van der Waals surface area contributed by atoms with Gasteiger partial charge in [0.15, 0.2) is 5.84 Å². The van der Waals surface area contributed by atoms with Crippen molar-refractivity contribution in [1.29, 1.82) is 0 Å². The fraction of sp³-hybridized carbons (Fsp3) is 0.296. The normalized spacial score (nSPS) is 16.8. The molecule has 1 aliphatic rings. The van der Waals surface area contributed by atoms with Gasteiger partial charge in [-0.25, -0.2) is 13.1 Å². The van der Waals surface area contributed by atoms with Crippen LogP contribution in [0.1, 0.15) is 40.3 Å². The number of sulfonamides is 1. The zero-order chi connectivity index (χ0) is 28.0. The Kier molecular flexibility index (Phi) is 9.00. The molecule has 0 unspecified atom stereocenters. The molecule has 3 aromatic rings. The fourth-order valence-corrected chi connectivity index (χ4v) is 6.36. The molecule has 4 rings (SSSR count). The molecular weight excluding hydrogens is 536 g/mol. The van der Waals surface area contributed by atoms with E-state index >= 15 is 0 Å². The molecule has 0 saturated carbocycles. The number of carbonyl (C=O) groups excluding carboxylic acids is 2. The lowest BCUT2D eigenvalue weighted by Gasteiger charge is -2.33. The predicted octanol–water partition coefficient (Wildman–Crippen LogP) is 1.68. The molecule has 12 heteroatoms. The molecule has 1 aliphatic heterocycles. The summed E-state index contributed by atoms with van der Waals surface area (Å²) in [6.07, 6.45) is 2.14. The number of amides is 2. The number of likely N-dealkylation sites (tertiary alicyclic amines) is 1. The summed E-state index contributed by atoms with van der Waals surface area (Å²) in [7, 11) is -3.78. The summed E-state index contributed by atoms with van der Waals surface area (Å²) in [4.78, 5) is 29.7. The average Bonchev–Trinajstić information content (AvgIpc) is 3.61. The molecule has 206 valence electrons. The van der Waals surface area contributed by atoms with Crippen LogP contribution in [0.5, 0.6) is 0 Å². The van der Waals surface area contributed by atoms with Crippen LogP contribution in [0, 0.1) is 0 Å². The van der Waals surface area contributed by atoms with Gasteiger partial charge in [-0.2, -0.15) is 5.10 Å². The van der Waals surface area contributed by atoms with Gasteiger partial charge < -0.3 is 21.8 Å². The van der Waals surface area contributed by atoms with E-state index in [9.17, 15) is 18.0 Å². The molecule has 2 atom stereocenters. The molecule has 2 aromatic carbocycles. The molecule has 0 bridgehead atoms. The van der Waals surface area contributed by atoms with Gasteiger partial charge in [-0.15, -0.1) is 11.3 Å². The van der Waals surface area contributed by atoms with Crippen LogP contribution in [0.15, 0.2) is 77.2 Å². The standard InChI is InChI=1S/C27H32N6O4S2/c1-39(36,37)32-24(23(18-9-4-2-5-10-18)19-11-6-3-7-12-19)27(35)33-14-8-13-22(33)26(34)30-16-21-15-20(17-38-21)25(28)31-29/h2-7,9-12,15,17,22-24,32H,8,13-14,16,29H2,1H3,(H2,28,31)(H,30,34)/t22-,24+/m0/s1. The summed E-state index contributed by atoms with van der Waals surface area (Å²) in [6.45, 7) is 0.601. The van der Waals surface area contributed by atoms with Crippen molar-refractivity contribution in [3.8, 4) is 0 Å². The van der Waals surface area contributed by atoms with Crippen molar-refractivity contribution in [2.45, 2.75) is 37.4 Å². The number of nitrogens with one attached hydrogen (secondary N) is 2. The summed E-state index contributed by atoms with van der Waals surface area (Å²) < 4.78 is 27.6. The van der Waals surface area contributed by atoms with Crippen molar-refractivity contribution in [2.75, 3.05) is 12.8 Å². The van der Waals surface area contributed by atoms with Gasteiger partial charge in [-0.1, -0.05) is 60.7 Å². The molecule has 0 spiro atoms. The molecule has 1 aromatic heterocycles. The minimum absolute atomic E-state index is 0.201. The summed E-state index contributed by atoms with van der Waals surface area (Å²) in [6, 6.07) is 18.5. The highest BCUT2D eigenvalue weighted by molar-refractivity contribution is 7.88. The highest BCUT2D eigenvalue weighted by atomic mass is 32.2. The van der Waals surface area contributed by atoms with Crippen molar-refractivity contribution >= 4 is 39.0 Å². The molecule has 2 heterocycles. The first-order valence-electron chi connectivity index (χ1n) is 12.4. The average molecular weight is 569 g/mol. The predicted molar refractivity (Wildman–Crippen MR) is 152 cm³/mol. The maximum atomic E-state index is 14.1. The van der Waals surface area contributed by atoms with E-state index in [-0.39, 0.29) is 18.3 Å². The second kappa shape index (κ2) is 12.4. The molecule has 10 nitrogen and oxygen atoms in total. The number of nitrogens with zero attached hydrogens (tertiary/aromatic N) is 2. The lowest BCUT2D eigenvalue weighted by atomic mass is 9.84. The Balaban J connectivity index is 1.59. The van der Waals surface area contributed by atoms with Gasteiger partial charge in [-0.05, 0) is 30.0 Å². The Labute approximate surface area is 232 Å². The molecule has 6 N–H and O–H groups in total. The Morgan fingerprint density at radius 1 is 1.10 bits per heavy atom. The first-order valence-corrected chi connectivity index (χ1v) is 15.2. The zero-order valence-electron chi connectivity index (χ0n) is 21.5. The van der Waals surface area contributed by atoms with Crippen molar-refractivity contribution in [2.24, 2.45) is 16.7 Å². The lowest BCUT2D eigenvalue weighted by molar-refractivity contribution is -0.140. The van der Waals surface area contributed by atoms with Crippen LogP contribution in [-0.2, 0) is 26.2 Å². The minimum Gasteiger partial charge on any atom is -0.382 e. The number of hydrogen-bond donors (Lipinski definition) is 4. The molecule has 39 heavy (non-hydrogen) atoms. The van der Waals surface area contributed by atoms with Gasteiger partial charge in [0.25, 0.3) is 0 Å². The number of rotatable bonds is 10. The lowest BCUT2D eigenvalue weighted by Crippen LogP contribution is -2.55. The Hall–Kier alpha value is -3.74. The molecular formula is C27H32N6O4S2. The summed E-state index contributed by atoms with van der Waals surface area (Å²) >= 11 is 1.41. The maximum absolute atomic E-state index is 14.1. The van der Waals surface area contributed by atoms with Gasteiger partial charge in [0.05, 0.1) is 12.8 Å². The summed E-state index contributed by atoms with van der Waals surface area (Å²) in [5.74, 6) is 4.10. The third-order valence-electron chi connectivity index (χ3n) is 6.62. The molecule has 2 amide bonds. The Morgan fingerprint density at radius 3 is 2.28 bits per heavy atom. The maximum Gasteiger partial charge on any atom is 0.243 e. The number of carbonyl (C=O) groups is 2. The van der Waals surface area contributed by atoms with Gasteiger partial charge in [0.1, 0.15) is 12.1 Å². The highest BCUT2D eigenvalue weighted by Crippen LogP contribution is 2.31. The van der Waals surface area contributed by atoms with Gasteiger partial charge in [-0.3, -0.25) is 9.59 Å². The second-order valence-electron chi connectivity index (χ2n) is 9.39. The number of hydrogen-bond acceptors (Lipinski definition) is 7. The van der Waals surface area contributed by atoms with Crippen molar-refractivity contribution in [3.05, 3.63) is 93.7 Å². The quantitative estimate of drug-likeness (QED) is 0.126. The van der Waals surface area contributed by atoms with E-state index in [1.54, 1.807) is 11.4 Å². The molecule has 1 saturated heterocycles. The number of amidine groups is 1. The third kappa shape index (κ3) is 7.02. The third-order valence-corrected chi connectivity index (χ3v) is 8.24. The van der Waals surface area contributed by atoms with Crippen LogP contribution >= 0.6 is 11.3 Å². The fourth-order valence-electron chi connectivity index (χ4n) is 4.85. The highest BCUT2D eigenvalue weighted by Gasteiger charge is 2.41. The molecule has 0 aliphatic carbocycles. The smallest absolute Gasteiger partial charge is 0.243 e. The van der Waals surface area contributed by atoms with Crippen LogP contribution in [0.25, 0.3) is 0 Å². The first kappa shape index (κ1) is 28.3. The van der Waals surface area contributed by atoms with E-state index in [2.05, 4.69) is 15.1 Å². The van der Waals surface area contributed by atoms with E-state index in [1.807, 2.05) is 60.7 Å².